The minimum atomic E-state index is -0.823. The molecule has 1 aliphatic rings. The van der Waals surface area contributed by atoms with Crippen LogP contribution in [-0.2, 0) is 11.3 Å². The summed E-state index contributed by atoms with van der Waals surface area (Å²) in [6, 6.07) is 5.49. The van der Waals surface area contributed by atoms with Crippen LogP contribution in [0.4, 0.5) is 0 Å². The quantitative estimate of drug-likeness (QED) is 0.939. The molecule has 1 aromatic carbocycles. The first-order chi connectivity index (χ1) is 10.6. The molecule has 0 saturated carbocycles. The van der Waals surface area contributed by atoms with Crippen LogP contribution in [0.5, 0.6) is 11.5 Å². The van der Waals surface area contributed by atoms with E-state index in [-0.39, 0.29) is 0 Å². The van der Waals surface area contributed by atoms with Crippen molar-refractivity contribution in [3.63, 3.8) is 0 Å². The zero-order chi connectivity index (χ0) is 15.7. The minimum absolute atomic E-state index is 0.542. The van der Waals surface area contributed by atoms with Gasteiger partial charge >= 0.3 is 5.97 Å². The monoisotopic (exact) mass is 302 g/mol. The largest absolute Gasteiger partial charge is 0.497 e. The third-order valence-electron chi connectivity index (χ3n) is 3.99. The second-order valence-electron chi connectivity index (χ2n) is 5.28. The number of hydrogen-bond donors (Lipinski definition) is 1. The van der Waals surface area contributed by atoms with Crippen LogP contribution >= 0.6 is 0 Å². The molecule has 6 nitrogen and oxygen atoms in total. The first kappa shape index (κ1) is 14.4. The van der Waals surface area contributed by atoms with Gasteiger partial charge < -0.3 is 19.1 Å². The summed E-state index contributed by atoms with van der Waals surface area (Å²) in [7, 11) is 3.20. The van der Waals surface area contributed by atoms with Crippen LogP contribution in [0.1, 0.15) is 24.6 Å². The molecule has 0 aliphatic carbocycles. The minimum Gasteiger partial charge on any atom is -0.497 e. The average molecular weight is 302 g/mol. The number of imidazole rings is 1. The average Bonchev–Trinajstić information content (AvgIpc) is 2.97. The van der Waals surface area contributed by atoms with Gasteiger partial charge in [-0.25, -0.2) is 4.98 Å². The summed E-state index contributed by atoms with van der Waals surface area (Å²) in [6.45, 7) is 0.790. The molecule has 0 fully saturated rings. The summed E-state index contributed by atoms with van der Waals surface area (Å²) in [6.07, 6.45) is 3.36. The number of aromatic nitrogens is 2. The van der Waals surface area contributed by atoms with Crippen LogP contribution in [0.25, 0.3) is 11.3 Å². The molecular weight excluding hydrogens is 284 g/mol. The summed E-state index contributed by atoms with van der Waals surface area (Å²) in [4.78, 5) is 15.9. The summed E-state index contributed by atoms with van der Waals surface area (Å²) in [5, 5.41) is 9.35. The number of benzene rings is 1. The Kier molecular flexibility index (Phi) is 3.75. The van der Waals surface area contributed by atoms with E-state index in [9.17, 15) is 9.90 Å². The van der Waals surface area contributed by atoms with Crippen molar-refractivity contribution in [1.82, 2.24) is 9.55 Å². The van der Waals surface area contributed by atoms with Crippen molar-refractivity contribution in [3.8, 4) is 22.8 Å². The molecule has 1 atom stereocenters. The summed E-state index contributed by atoms with van der Waals surface area (Å²) in [5.41, 5.74) is 1.51. The molecule has 1 N–H and O–H groups in total. The van der Waals surface area contributed by atoms with Gasteiger partial charge in [0.15, 0.2) is 0 Å². The number of aliphatic carboxylic acids is 1. The Morgan fingerprint density at radius 3 is 2.86 bits per heavy atom. The predicted octanol–water partition coefficient (Wildman–Crippen LogP) is 2.53. The third-order valence-corrected chi connectivity index (χ3v) is 3.99. The predicted molar refractivity (Wildman–Crippen MR) is 80.4 cm³/mol. The normalized spacial score (nSPS) is 16.9. The third kappa shape index (κ3) is 2.41. The Morgan fingerprint density at radius 1 is 1.36 bits per heavy atom. The van der Waals surface area contributed by atoms with Gasteiger partial charge in [-0.05, 0) is 31.0 Å². The molecule has 1 unspecified atom stereocenters. The zero-order valence-electron chi connectivity index (χ0n) is 12.6. The maximum atomic E-state index is 11.4. The van der Waals surface area contributed by atoms with Crippen molar-refractivity contribution in [3.05, 3.63) is 30.2 Å². The van der Waals surface area contributed by atoms with Crippen LogP contribution in [0.2, 0.25) is 0 Å². The highest BCUT2D eigenvalue weighted by Crippen LogP contribution is 2.35. The SMILES string of the molecule is COc1ccc(OC)c(-c2cn3c(n2)C(C(=O)O)CCC3)c1. The van der Waals surface area contributed by atoms with Gasteiger partial charge in [-0.3, -0.25) is 4.79 Å². The van der Waals surface area contributed by atoms with Crippen molar-refractivity contribution in [2.24, 2.45) is 0 Å². The zero-order valence-corrected chi connectivity index (χ0v) is 12.6. The second-order valence-corrected chi connectivity index (χ2v) is 5.28. The molecule has 1 aromatic heterocycles. The molecule has 2 heterocycles. The lowest BCUT2D eigenvalue weighted by Gasteiger charge is -2.19. The lowest BCUT2D eigenvalue weighted by atomic mass is 9.99. The molecule has 0 amide bonds. The maximum Gasteiger partial charge on any atom is 0.314 e. The van der Waals surface area contributed by atoms with E-state index in [1.807, 2.05) is 29.0 Å². The fraction of sp³-hybridized carbons (Fsp3) is 0.375. The second kappa shape index (κ2) is 5.71. The Morgan fingerprint density at radius 2 is 2.18 bits per heavy atom. The van der Waals surface area contributed by atoms with Gasteiger partial charge in [0.1, 0.15) is 23.2 Å². The number of aryl methyl sites for hydroxylation is 1. The topological polar surface area (TPSA) is 73.6 Å². The number of ether oxygens (including phenoxy) is 2. The van der Waals surface area contributed by atoms with Crippen molar-refractivity contribution in [2.75, 3.05) is 14.2 Å². The first-order valence-electron chi connectivity index (χ1n) is 7.16. The lowest BCUT2D eigenvalue weighted by Crippen LogP contribution is -2.21. The van der Waals surface area contributed by atoms with Crippen LogP contribution in [-0.4, -0.2) is 34.8 Å². The van der Waals surface area contributed by atoms with Gasteiger partial charge in [0.25, 0.3) is 0 Å². The standard InChI is InChI=1S/C16H18N2O4/c1-21-10-5-6-14(22-2)12(8-10)13-9-18-7-3-4-11(16(19)20)15(18)17-13/h5-6,8-9,11H,3-4,7H2,1-2H3,(H,19,20). The first-order valence-corrected chi connectivity index (χ1v) is 7.16. The van der Waals surface area contributed by atoms with Crippen LogP contribution < -0.4 is 9.47 Å². The van der Waals surface area contributed by atoms with Crippen molar-refractivity contribution < 1.29 is 19.4 Å². The maximum absolute atomic E-state index is 11.4. The number of rotatable bonds is 4. The van der Waals surface area contributed by atoms with Gasteiger partial charge in [0.05, 0.1) is 19.9 Å². The van der Waals surface area contributed by atoms with Gasteiger partial charge in [0, 0.05) is 18.3 Å². The molecule has 3 rings (SSSR count). The fourth-order valence-corrected chi connectivity index (χ4v) is 2.86. The van der Waals surface area contributed by atoms with Gasteiger partial charge in [-0.1, -0.05) is 0 Å². The molecule has 22 heavy (non-hydrogen) atoms. The number of carbonyl (C=O) groups is 1. The Balaban J connectivity index is 2.08. The number of carboxylic acids is 1. The van der Waals surface area contributed by atoms with E-state index >= 15 is 0 Å². The van der Waals surface area contributed by atoms with Gasteiger partial charge in [0.2, 0.25) is 0 Å². The Hall–Kier alpha value is -2.50. The van der Waals surface area contributed by atoms with Crippen molar-refractivity contribution in [1.29, 1.82) is 0 Å². The van der Waals surface area contributed by atoms with E-state index in [1.54, 1.807) is 14.2 Å². The molecule has 0 radical (unpaired) electrons. The smallest absolute Gasteiger partial charge is 0.314 e. The summed E-state index contributed by atoms with van der Waals surface area (Å²) in [5.74, 6) is 0.633. The lowest BCUT2D eigenvalue weighted by molar-refractivity contribution is -0.139. The highest BCUT2D eigenvalue weighted by molar-refractivity contribution is 5.76. The van der Waals surface area contributed by atoms with E-state index in [4.69, 9.17) is 9.47 Å². The Labute approximate surface area is 128 Å². The highest BCUT2D eigenvalue weighted by Gasteiger charge is 2.29. The summed E-state index contributed by atoms with van der Waals surface area (Å²) >= 11 is 0. The number of hydrogen-bond acceptors (Lipinski definition) is 4. The van der Waals surface area contributed by atoms with Crippen molar-refractivity contribution in [2.45, 2.75) is 25.3 Å². The van der Waals surface area contributed by atoms with E-state index < -0.39 is 11.9 Å². The molecule has 116 valence electrons. The van der Waals surface area contributed by atoms with E-state index in [0.29, 0.717) is 29.4 Å². The molecule has 0 spiro atoms. The van der Waals surface area contributed by atoms with Crippen LogP contribution in [0.15, 0.2) is 24.4 Å². The van der Waals surface area contributed by atoms with Crippen LogP contribution in [0.3, 0.4) is 0 Å². The van der Waals surface area contributed by atoms with E-state index in [2.05, 4.69) is 4.98 Å². The number of carboxylic acid groups (broad SMARTS) is 1. The van der Waals surface area contributed by atoms with E-state index in [1.165, 1.54) is 0 Å². The van der Waals surface area contributed by atoms with Gasteiger partial charge in [-0.15, -0.1) is 0 Å². The van der Waals surface area contributed by atoms with Crippen molar-refractivity contribution >= 4 is 5.97 Å². The Bertz CT molecular complexity index is 708. The highest BCUT2D eigenvalue weighted by atomic mass is 16.5. The van der Waals surface area contributed by atoms with E-state index in [0.717, 1.165) is 18.5 Å². The number of methoxy groups -OCH3 is 2. The molecular formula is C16H18N2O4. The number of fused-ring (bicyclic) bond motifs is 1. The molecule has 0 saturated heterocycles. The fourth-order valence-electron chi connectivity index (χ4n) is 2.86. The van der Waals surface area contributed by atoms with Crippen LogP contribution in [0, 0.1) is 0 Å². The molecule has 1 aliphatic heterocycles. The molecule has 6 heteroatoms. The molecule has 2 aromatic rings. The number of nitrogens with zero attached hydrogens (tertiary/aromatic N) is 2. The summed E-state index contributed by atoms with van der Waals surface area (Å²) < 4.78 is 12.6. The van der Waals surface area contributed by atoms with Gasteiger partial charge in [-0.2, -0.15) is 0 Å². The molecule has 0 bridgehead atoms.